The molecule has 0 bridgehead atoms. The standard InChI is InChI=1S/C12H10O4/c1-2-14-12(13)6-4-9-3-5-10-11(7-9)16-8-15-10/h3,5,7H,2,8H2,1H3. The van der Waals surface area contributed by atoms with Crippen LogP contribution in [0.15, 0.2) is 18.2 Å². The van der Waals surface area contributed by atoms with Gasteiger partial charge in [0.15, 0.2) is 11.5 Å². The molecule has 0 aromatic heterocycles. The average molecular weight is 218 g/mol. The molecule has 1 aromatic carbocycles. The van der Waals surface area contributed by atoms with Crippen molar-refractivity contribution in [2.24, 2.45) is 0 Å². The number of fused-ring (bicyclic) bond motifs is 1. The molecule has 0 fully saturated rings. The Kier molecular flexibility index (Phi) is 2.97. The highest BCUT2D eigenvalue weighted by Gasteiger charge is 2.12. The Morgan fingerprint density at radius 1 is 1.44 bits per heavy atom. The topological polar surface area (TPSA) is 44.8 Å². The molecule has 16 heavy (non-hydrogen) atoms. The van der Waals surface area contributed by atoms with Crippen LogP contribution in [0.3, 0.4) is 0 Å². The van der Waals surface area contributed by atoms with Crippen LogP contribution in [0.5, 0.6) is 11.5 Å². The minimum Gasteiger partial charge on any atom is -0.456 e. The van der Waals surface area contributed by atoms with Gasteiger partial charge in [0.05, 0.1) is 6.61 Å². The van der Waals surface area contributed by atoms with Gasteiger partial charge in [0.25, 0.3) is 0 Å². The zero-order chi connectivity index (χ0) is 11.4. The molecule has 1 heterocycles. The minimum atomic E-state index is -0.528. The van der Waals surface area contributed by atoms with E-state index in [2.05, 4.69) is 16.6 Å². The number of esters is 1. The second-order valence-corrected chi connectivity index (χ2v) is 3.04. The van der Waals surface area contributed by atoms with E-state index in [1.807, 2.05) is 0 Å². The number of hydrogen-bond donors (Lipinski definition) is 0. The van der Waals surface area contributed by atoms with E-state index in [0.717, 1.165) is 0 Å². The molecule has 0 saturated heterocycles. The van der Waals surface area contributed by atoms with Crippen molar-refractivity contribution in [3.05, 3.63) is 23.8 Å². The normalized spacial score (nSPS) is 11.6. The lowest BCUT2D eigenvalue weighted by atomic mass is 10.2. The molecule has 1 aromatic rings. The number of ether oxygens (including phenoxy) is 3. The van der Waals surface area contributed by atoms with Crippen molar-refractivity contribution in [3.8, 4) is 23.3 Å². The lowest BCUT2D eigenvalue weighted by molar-refractivity contribution is -0.136. The fraction of sp³-hybridized carbons (Fsp3) is 0.250. The molecule has 0 radical (unpaired) electrons. The first-order valence-corrected chi connectivity index (χ1v) is 4.88. The smallest absolute Gasteiger partial charge is 0.384 e. The quantitative estimate of drug-likeness (QED) is 0.527. The number of carbonyl (C=O) groups is 1. The van der Waals surface area contributed by atoms with E-state index in [-0.39, 0.29) is 6.79 Å². The van der Waals surface area contributed by atoms with Crippen LogP contribution in [-0.4, -0.2) is 19.4 Å². The molecular weight excluding hydrogens is 208 g/mol. The third kappa shape index (κ3) is 2.26. The van der Waals surface area contributed by atoms with Crippen LogP contribution < -0.4 is 9.47 Å². The molecule has 1 aliphatic rings. The maximum atomic E-state index is 11.0. The van der Waals surface area contributed by atoms with Gasteiger partial charge in [-0.05, 0) is 25.1 Å². The van der Waals surface area contributed by atoms with Crippen molar-refractivity contribution in [1.82, 2.24) is 0 Å². The van der Waals surface area contributed by atoms with Crippen LogP contribution in [0.2, 0.25) is 0 Å². The predicted octanol–water partition coefficient (Wildman–Crippen LogP) is 1.33. The summed E-state index contributed by atoms with van der Waals surface area (Å²) in [6.45, 7) is 2.29. The van der Waals surface area contributed by atoms with E-state index in [0.29, 0.717) is 23.7 Å². The van der Waals surface area contributed by atoms with E-state index >= 15 is 0 Å². The molecule has 4 heteroatoms. The monoisotopic (exact) mass is 218 g/mol. The molecule has 0 unspecified atom stereocenters. The van der Waals surface area contributed by atoms with Crippen LogP contribution >= 0.6 is 0 Å². The van der Waals surface area contributed by atoms with Crippen LogP contribution in [0.25, 0.3) is 0 Å². The van der Waals surface area contributed by atoms with Crippen molar-refractivity contribution in [1.29, 1.82) is 0 Å². The van der Waals surface area contributed by atoms with Crippen molar-refractivity contribution in [3.63, 3.8) is 0 Å². The molecule has 1 aliphatic heterocycles. The van der Waals surface area contributed by atoms with Gasteiger partial charge in [-0.25, -0.2) is 4.79 Å². The number of carbonyl (C=O) groups excluding carboxylic acids is 1. The average Bonchev–Trinajstić information content (AvgIpc) is 2.74. The van der Waals surface area contributed by atoms with Gasteiger partial charge in [-0.3, -0.25) is 0 Å². The molecule has 2 rings (SSSR count). The Labute approximate surface area is 93.1 Å². The van der Waals surface area contributed by atoms with E-state index in [1.54, 1.807) is 25.1 Å². The van der Waals surface area contributed by atoms with Gasteiger partial charge in [-0.1, -0.05) is 5.92 Å². The molecule has 0 spiro atoms. The first-order chi connectivity index (χ1) is 7.79. The van der Waals surface area contributed by atoms with Gasteiger partial charge < -0.3 is 14.2 Å². The zero-order valence-corrected chi connectivity index (χ0v) is 8.78. The van der Waals surface area contributed by atoms with E-state index in [4.69, 9.17) is 9.47 Å². The third-order valence-electron chi connectivity index (χ3n) is 1.96. The summed E-state index contributed by atoms with van der Waals surface area (Å²) < 4.78 is 15.0. The van der Waals surface area contributed by atoms with Crippen LogP contribution in [0.4, 0.5) is 0 Å². The Morgan fingerprint density at radius 2 is 2.25 bits per heavy atom. The van der Waals surface area contributed by atoms with E-state index in [9.17, 15) is 4.79 Å². The highest BCUT2D eigenvalue weighted by molar-refractivity contribution is 5.89. The summed E-state index contributed by atoms with van der Waals surface area (Å²) in [7, 11) is 0. The summed E-state index contributed by atoms with van der Waals surface area (Å²) in [5.41, 5.74) is 0.692. The second-order valence-electron chi connectivity index (χ2n) is 3.04. The van der Waals surface area contributed by atoms with Crippen molar-refractivity contribution < 1.29 is 19.0 Å². The third-order valence-corrected chi connectivity index (χ3v) is 1.96. The van der Waals surface area contributed by atoms with Crippen LogP contribution in [0.1, 0.15) is 12.5 Å². The van der Waals surface area contributed by atoms with E-state index in [1.165, 1.54) is 0 Å². The van der Waals surface area contributed by atoms with Gasteiger partial charge in [0.2, 0.25) is 6.79 Å². The van der Waals surface area contributed by atoms with Crippen molar-refractivity contribution in [2.75, 3.05) is 13.4 Å². The van der Waals surface area contributed by atoms with Gasteiger partial charge in [-0.15, -0.1) is 0 Å². The first kappa shape index (κ1) is 10.4. The summed E-state index contributed by atoms with van der Waals surface area (Å²) in [6, 6.07) is 5.26. The van der Waals surface area contributed by atoms with Gasteiger partial charge in [-0.2, -0.15) is 0 Å². The van der Waals surface area contributed by atoms with Crippen LogP contribution in [-0.2, 0) is 9.53 Å². The molecule has 4 nitrogen and oxygen atoms in total. The lowest BCUT2D eigenvalue weighted by Crippen LogP contribution is -1.99. The van der Waals surface area contributed by atoms with Crippen molar-refractivity contribution in [2.45, 2.75) is 6.92 Å². The minimum absolute atomic E-state index is 0.226. The van der Waals surface area contributed by atoms with E-state index < -0.39 is 5.97 Å². The molecule has 0 atom stereocenters. The summed E-state index contributed by atoms with van der Waals surface area (Å²) in [6.07, 6.45) is 0. The predicted molar refractivity (Wildman–Crippen MR) is 56.1 cm³/mol. The summed E-state index contributed by atoms with van der Waals surface area (Å²) in [5, 5.41) is 0. The summed E-state index contributed by atoms with van der Waals surface area (Å²) in [4.78, 5) is 11.0. The highest BCUT2D eigenvalue weighted by atomic mass is 16.7. The number of benzene rings is 1. The zero-order valence-electron chi connectivity index (χ0n) is 8.78. The molecule has 82 valence electrons. The maximum Gasteiger partial charge on any atom is 0.384 e. The Morgan fingerprint density at radius 3 is 3.06 bits per heavy atom. The molecular formula is C12H10O4. The Bertz CT molecular complexity index is 468. The maximum absolute atomic E-state index is 11.0. The molecule has 0 aliphatic carbocycles. The number of rotatable bonds is 1. The summed E-state index contributed by atoms with van der Waals surface area (Å²) >= 11 is 0. The number of hydrogen-bond acceptors (Lipinski definition) is 4. The molecule has 0 N–H and O–H groups in total. The largest absolute Gasteiger partial charge is 0.456 e. The molecule has 0 amide bonds. The lowest BCUT2D eigenvalue weighted by Gasteiger charge is -1.95. The van der Waals surface area contributed by atoms with Gasteiger partial charge >= 0.3 is 5.97 Å². The van der Waals surface area contributed by atoms with Crippen molar-refractivity contribution >= 4 is 5.97 Å². The second kappa shape index (κ2) is 4.58. The fourth-order valence-corrected chi connectivity index (χ4v) is 1.26. The van der Waals surface area contributed by atoms with Gasteiger partial charge in [0.1, 0.15) is 0 Å². The summed E-state index contributed by atoms with van der Waals surface area (Å²) in [5.74, 6) is 5.90. The van der Waals surface area contributed by atoms with Crippen LogP contribution in [0, 0.1) is 11.8 Å². The highest BCUT2D eigenvalue weighted by Crippen LogP contribution is 2.32. The molecule has 0 saturated carbocycles. The van der Waals surface area contributed by atoms with Gasteiger partial charge in [0, 0.05) is 11.5 Å². The fourth-order valence-electron chi connectivity index (χ4n) is 1.26. The Hall–Kier alpha value is -2.15. The SMILES string of the molecule is CCOC(=O)C#Cc1ccc2c(c1)OCO2. The first-order valence-electron chi connectivity index (χ1n) is 4.88. The Balaban J connectivity index is 2.13.